The number of halogens is 12. The summed E-state index contributed by atoms with van der Waals surface area (Å²) < 4.78 is 158. The van der Waals surface area contributed by atoms with Crippen molar-refractivity contribution in [1.82, 2.24) is 13.9 Å². The highest BCUT2D eigenvalue weighted by molar-refractivity contribution is 7.86. The van der Waals surface area contributed by atoms with E-state index in [-0.39, 0.29) is 22.4 Å². The third-order valence-electron chi connectivity index (χ3n) is 6.99. The number of carbonyl (C=O) groups is 1. The van der Waals surface area contributed by atoms with Gasteiger partial charge in [-0.3, -0.25) is 4.79 Å². The molecule has 1 fully saturated rings. The number of amides is 1. The number of nitrogens with one attached hydrogen (secondary N) is 1. The SMILES string of the molecule is Cc1cc(C2=NO[C@@](c3cc(Cl)c(F)c(Cl)c3)(C(F)(F)F)C2)ccc1C(=O)NC1CN(S(=O)(=O)N(CC(F)(F)F)CC(F)(F)F)C1. The molecule has 2 aromatic rings. The number of rotatable bonds is 8. The van der Waals surface area contributed by atoms with E-state index in [1.54, 1.807) is 0 Å². The van der Waals surface area contributed by atoms with E-state index < -0.39 is 105 Å². The Bertz CT molecular complexity index is 1620. The molecule has 254 valence electrons. The molecule has 2 aromatic carbocycles. The van der Waals surface area contributed by atoms with E-state index in [0.29, 0.717) is 16.4 Å². The Kier molecular flexibility index (Phi) is 9.62. The maximum Gasteiger partial charge on any atom is 0.435 e. The van der Waals surface area contributed by atoms with Gasteiger partial charge in [-0.1, -0.05) is 34.4 Å². The minimum absolute atomic E-state index is 0.0282. The van der Waals surface area contributed by atoms with Crippen LogP contribution >= 0.6 is 23.2 Å². The zero-order valence-corrected chi connectivity index (χ0v) is 25.2. The van der Waals surface area contributed by atoms with E-state index >= 15 is 0 Å². The van der Waals surface area contributed by atoms with Crippen LogP contribution in [0.25, 0.3) is 0 Å². The first-order chi connectivity index (χ1) is 20.9. The van der Waals surface area contributed by atoms with Crippen LogP contribution in [0.3, 0.4) is 0 Å². The van der Waals surface area contributed by atoms with Gasteiger partial charge in [0.15, 0.2) is 5.82 Å². The summed E-state index contributed by atoms with van der Waals surface area (Å²) in [5.41, 5.74) is -3.60. The molecule has 0 unspecified atom stereocenters. The average molecular weight is 733 g/mol. The van der Waals surface area contributed by atoms with Gasteiger partial charge in [-0.25, -0.2) is 4.39 Å². The second-order valence-electron chi connectivity index (χ2n) is 10.4. The normalized spacial score (nSPS) is 20.0. The monoisotopic (exact) mass is 732 g/mol. The summed E-state index contributed by atoms with van der Waals surface area (Å²) >= 11 is 11.4. The lowest BCUT2D eigenvalue weighted by Crippen LogP contribution is -2.64. The summed E-state index contributed by atoms with van der Waals surface area (Å²) in [6.07, 6.45) is -16.5. The predicted octanol–water partition coefficient (Wildman–Crippen LogP) is 6.11. The molecule has 2 heterocycles. The first-order valence-electron chi connectivity index (χ1n) is 12.7. The molecular weight excluding hydrogens is 713 g/mol. The van der Waals surface area contributed by atoms with E-state index in [1.165, 1.54) is 25.1 Å². The van der Waals surface area contributed by atoms with Crippen LogP contribution in [0, 0.1) is 12.7 Å². The van der Waals surface area contributed by atoms with Crippen molar-refractivity contribution in [2.75, 3.05) is 26.2 Å². The number of carbonyl (C=O) groups excluding carboxylic acids is 1. The van der Waals surface area contributed by atoms with Gasteiger partial charge >= 0.3 is 18.5 Å². The van der Waals surface area contributed by atoms with Gasteiger partial charge in [0.05, 0.1) is 21.8 Å². The highest BCUT2D eigenvalue weighted by atomic mass is 35.5. The number of alkyl halides is 9. The lowest BCUT2D eigenvalue weighted by molar-refractivity contribution is -0.275. The van der Waals surface area contributed by atoms with E-state index in [1.807, 2.05) is 0 Å². The van der Waals surface area contributed by atoms with Crippen molar-refractivity contribution in [3.05, 3.63) is 68.4 Å². The van der Waals surface area contributed by atoms with Gasteiger partial charge in [0, 0.05) is 30.6 Å². The Morgan fingerprint density at radius 1 is 1.02 bits per heavy atom. The molecule has 1 amide bonds. The van der Waals surface area contributed by atoms with Gasteiger partial charge < -0.3 is 10.2 Å². The zero-order chi connectivity index (χ0) is 34.6. The maximum atomic E-state index is 14.3. The van der Waals surface area contributed by atoms with Gasteiger partial charge in [-0.05, 0) is 42.3 Å². The van der Waals surface area contributed by atoms with Crippen LogP contribution in [-0.4, -0.2) is 79.4 Å². The van der Waals surface area contributed by atoms with Crippen LogP contribution in [-0.2, 0) is 20.6 Å². The Labute approximate surface area is 264 Å². The average Bonchev–Trinajstić information content (AvgIpc) is 3.34. The second-order valence-corrected chi connectivity index (χ2v) is 13.2. The van der Waals surface area contributed by atoms with Gasteiger partial charge in [-0.15, -0.1) is 0 Å². The Hall–Kier alpha value is -2.87. The summed E-state index contributed by atoms with van der Waals surface area (Å²) in [4.78, 5) is 17.7. The molecule has 0 saturated carbocycles. The van der Waals surface area contributed by atoms with Crippen LogP contribution in [0.15, 0.2) is 35.5 Å². The molecule has 2 aliphatic rings. The van der Waals surface area contributed by atoms with E-state index in [0.717, 1.165) is 0 Å². The summed E-state index contributed by atoms with van der Waals surface area (Å²) in [6.45, 7) is -4.58. The zero-order valence-electron chi connectivity index (χ0n) is 22.9. The van der Waals surface area contributed by atoms with Crippen LogP contribution < -0.4 is 5.32 Å². The molecule has 8 nitrogen and oxygen atoms in total. The molecule has 0 bridgehead atoms. The van der Waals surface area contributed by atoms with Crippen molar-refractivity contribution in [3.8, 4) is 0 Å². The van der Waals surface area contributed by atoms with Crippen LogP contribution in [0.5, 0.6) is 0 Å². The van der Waals surface area contributed by atoms with E-state index in [4.69, 9.17) is 28.0 Å². The molecule has 0 aliphatic carbocycles. The lowest BCUT2D eigenvalue weighted by Gasteiger charge is -2.41. The van der Waals surface area contributed by atoms with Crippen molar-refractivity contribution < 1.29 is 62.0 Å². The number of benzene rings is 2. The number of aryl methyl sites for hydroxylation is 1. The predicted molar refractivity (Wildman–Crippen MR) is 143 cm³/mol. The van der Waals surface area contributed by atoms with E-state index in [9.17, 15) is 57.1 Å². The molecule has 46 heavy (non-hydrogen) atoms. The minimum Gasteiger partial charge on any atom is -0.374 e. The van der Waals surface area contributed by atoms with Crippen LogP contribution in [0.1, 0.15) is 33.5 Å². The summed E-state index contributed by atoms with van der Waals surface area (Å²) in [6, 6.07) is 4.20. The highest BCUT2D eigenvalue weighted by Crippen LogP contribution is 2.50. The highest BCUT2D eigenvalue weighted by Gasteiger charge is 2.62. The molecule has 0 aromatic heterocycles. The molecule has 1 saturated heterocycles. The largest absolute Gasteiger partial charge is 0.435 e. The summed E-state index contributed by atoms with van der Waals surface area (Å²) in [5.74, 6) is -1.94. The summed E-state index contributed by atoms with van der Waals surface area (Å²) in [7, 11) is -5.20. The molecule has 1 N–H and O–H groups in total. The second kappa shape index (κ2) is 12.3. The van der Waals surface area contributed by atoms with Crippen molar-refractivity contribution in [3.63, 3.8) is 0 Å². The number of oxime groups is 1. The molecule has 2 aliphatic heterocycles. The third-order valence-corrected chi connectivity index (χ3v) is 9.40. The van der Waals surface area contributed by atoms with Crippen molar-refractivity contribution in [2.24, 2.45) is 5.16 Å². The molecule has 1 atom stereocenters. The lowest BCUT2D eigenvalue weighted by atomic mass is 9.86. The topological polar surface area (TPSA) is 91.3 Å². The van der Waals surface area contributed by atoms with Crippen molar-refractivity contribution in [2.45, 2.75) is 43.5 Å². The fraction of sp³-hybridized carbons (Fsp3) is 0.440. The molecule has 0 spiro atoms. The van der Waals surface area contributed by atoms with Gasteiger partial charge in [-0.2, -0.15) is 56.5 Å². The number of nitrogens with zero attached hydrogens (tertiary/aromatic N) is 3. The fourth-order valence-corrected chi connectivity index (χ4v) is 6.88. The van der Waals surface area contributed by atoms with E-state index in [2.05, 4.69) is 10.5 Å². The Balaban J connectivity index is 1.45. The minimum atomic E-state index is -5.26. The molecule has 21 heteroatoms. The first-order valence-corrected chi connectivity index (χ1v) is 14.9. The van der Waals surface area contributed by atoms with Crippen LogP contribution in [0.4, 0.5) is 43.9 Å². The maximum absolute atomic E-state index is 14.3. The van der Waals surface area contributed by atoms with Gasteiger partial charge in [0.1, 0.15) is 13.1 Å². The van der Waals surface area contributed by atoms with Crippen molar-refractivity contribution in [1.29, 1.82) is 0 Å². The van der Waals surface area contributed by atoms with Crippen LogP contribution in [0.2, 0.25) is 10.0 Å². The molecule has 4 rings (SSSR count). The molecular formula is C25H20Cl2F10N4O4S. The Morgan fingerprint density at radius 3 is 2.04 bits per heavy atom. The Morgan fingerprint density at radius 2 is 1.57 bits per heavy atom. The van der Waals surface area contributed by atoms with Gasteiger partial charge in [0.2, 0.25) is 0 Å². The third kappa shape index (κ3) is 7.48. The standard InChI is InChI=1S/C25H20Cl2F10N4O4S/c1-12-4-13(19-7-22(45-39-19,25(35,36)37)14-5-17(26)20(28)18(27)6-14)2-3-16(12)21(42)38-15-8-40(9-15)46(43,44)41(10-23(29,30)31)11-24(32,33)34/h2-6,15H,7-11H2,1H3,(H,38,42)/t22-/m0/s1. The van der Waals surface area contributed by atoms with Gasteiger partial charge in [0.25, 0.3) is 21.7 Å². The quantitative estimate of drug-likeness (QED) is 0.262. The smallest absolute Gasteiger partial charge is 0.374 e. The van der Waals surface area contributed by atoms with Crippen molar-refractivity contribution >= 4 is 45.0 Å². The molecule has 0 radical (unpaired) electrons. The first kappa shape index (κ1) is 36.0. The fourth-order valence-electron chi connectivity index (χ4n) is 4.71. The number of hydrogen-bond donors (Lipinski definition) is 1. The summed E-state index contributed by atoms with van der Waals surface area (Å²) in [5, 5.41) is 4.61. The number of hydrogen-bond acceptors (Lipinski definition) is 5.